The third-order valence-electron chi connectivity index (χ3n) is 5.16. The third kappa shape index (κ3) is 4.61. The second kappa shape index (κ2) is 8.67. The predicted molar refractivity (Wildman–Crippen MR) is 92.6 cm³/mol. The molecule has 24 heavy (non-hydrogen) atoms. The van der Waals surface area contributed by atoms with Gasteiger partial charge in [-0.3, -0.25) is 4.79 Å². The van der Waals surface area contributed by atoms with Crippen LogP contribution in [0.2, 0.25) is 0 Å². The molecule has 2 saturated heterocycles. The molecule has 0 bridgehead atoms. The summed E-state index contributed by atoms with van der Waals surface area (Å²) in [4.78, 5) is 17.5. The van der Waals surface area contributed by atoms with Crippen molar-refractivity contribution in [3.05, 3.63) is 24.2 Å². The lowest BCUT2D eigenvalue weighted by Crippen LogP contribution is -2.44. The lowest BCUT2D eigenvalue weighted by Gasteiger charge is -2.34. The van der Waals surface area contributed by atoms with Gasteiger partial charge >= 0.3 is 0 Å². The van der Waals surface area contributed by atoms with E-state index in [1.807, 2.05) is 17.0 Å². The number of carbonyl (C=O) groups excluding carboxylic acids is 1. The first-order valence-corrected chi connectivity index (χ1v) is 9.41. The standard InChI is InChI=1S/C19H30N2O3/c1-2-9-20-10-7-16(8-11-20)19(22)21(14-17-5-3-12-23-17)15-18-6-4-13-24-18/h3,5,12,16,18H,2,4,6-11,13-15H2,1H3. The van der Waals surface area contributed by atoms with E-state index in [0.717, 1.165) is 57.7 Å². The molecule has 1 aromatic heterocycles. The average molecular weight is 334 g/mol. The molecule has 3 rings (SSSR count). The van der Waals surface area contributed by atoms with Crippen molar-refractivity contribution in [3.8, 4) is 0 Å². The molecule has 0 spiro atoms. The van der Waals surface area contributed by atoms with Gasteiger partial charge in [0.2, 0.25) is 5.91 Å². The van der Waals surface area contributed by atoms with E-state index in [0.29, 0.717) is 13.1 Å². The van der Waals surface area contributed by atoms with Crippen LogP contribution in [0.15, 0.2) is 22.8 Å². The minimum absolute atomic E-state index is 0.148. The Labute approximate surface area is 144 Å². The predicted octanol–water partition coefficient (Wildman–Crippen LogP) is 2.91. The van der Waals surface area contributed by atoms with Gasteiger partial charge in [0, 0.05) is 19.1 Å². The summed E-state index contributed by atoms with van der Waals surface area (Å²) in [6.07, 6.45) is 7.14. The first kappa shape index (κ1) is 17.5. The van der Waals surface area contributed by atoms with E-state index in [9.17, 15) is 4.79 Å². The van der Waals surface area contributed by atoms with Gasteiger partial charge < -0.3 is 19.0 Å². The van der Waals surface area contributed by atoms with Crippen molar-refractivity contribution in [1.29, 1.82) is 0 Å². The molecule has 1 atom stereocenters. The Morgan fingerprint density at radius 1 is 1.33 bits per heavy atom. The summed E-state index contributed by atoms with van der Waals surface area (Å²) in [5.74, 6) is 1.28. The normalized spacial score (nSPS) is 22.8. The zero-order valence-electron chi connectivity index (χ0n) is 14.8. The molecular formula is C19H30N2O3. The molecule has 0 aliphatic carbocycles. The van der Waals surface area contributed by atoms with Crippen LogP contribution < -0.4 is 0 Å². The maximum Gasteiger partial charge on any atom is 0.226 e. The van der Waals surface area contributed by atoms with Gasteiger partial charge in [-0.05, 0) is 63.9 Å². The molecule has 0 aromatic carbocycles. The van der Waals surface area contributed by atoms with Gasteiger partial charge in [0.1, 0.15) is 5.76 Å². The number of amides is 1. The molecule has 5 nitrogen and oxygen atoms in total. The summed E-state index contributed by atoms with van der Waals surface area (Å²) >= 11 is 0. The largest absolute Gasteiger partial charge is 0.467 e. The highest BCUT2D eigenvalue weighted by Gasteiger charge is 2.31. The Morgan fingerprint density at radius 3 is 2.79 bits per heavy atom. The number of likely N-dealkylation sites (tertiary alicyclic amines) is 1. The van der Waals surface area contributed by atoms with Gasteiger partial charge in [-0.2, -0.15) is 0 Å². The highest BCUT2D eigenvalue weighted by molar-refractivity contribution is 5.79. The van der Waals surface area contributed by atoms with Gasteiger partial charge in [0.15, 0.2) is 0 Å². The van der Waals surface area contributed by atoms with Gasteiger partial charge in [0.25, 0.3) is 0 Å². The van der Waals surface area contributed by atoms with Crippen molar-refractivity contribution < 1.29 is 13.9 Å². The third-order valence-corrected chi connectivity index (χ3v) is 5.16. The van der Waals surface area contributed by atoms with Crippen molar-refractivity contribution in [2.75, 3.05) is 32.8 Å². The summed E-state index contributed by atoms with van der Waals surface area (Å²) in [5.41, 5.74) is 0. The van der Waals surface area contributed by atoms with E-state index >= 15 is 0 Å². The number of hydrogen-bond donors (Lipinski definition) is 0. The zero-order chi connectivity index (χ0) is 16.8. The summed E-state index contributed by atoms with van der Waals surface area (Å²) in [5, 5.41) is 0. The van der Waals surface area contributed by atoms with Crippen LogP contribution in [0.5, 0.6) is 0 Å². The zero-order valence-corrected chi connectivity index (χ0v) is 14.8. The maximum atomic E-state index is 13.1. The fraction of sp³-hybridized carbons (Fsp3) is 0.737. The number of hydrogen-bond acceptors (Lipinski definition) is 4. The van der Waals surface area contributed by atoms with Crippen molar-refractivity contribution in [1.82, 2.24) is 9.80 Å². The fourth-order valence-electron chi connectivity index (χ4n) is 3.84. The van der Waals surface area contributed by atoms with Crippen LogP contribution in [0.4, 0.5) is 0 Å². The number of piperidine rings is 1. The van der Waals surface area contributed by atoms with Gasteiger partial charge in [-0.1, -0.05) is 6.92 Å². The van der Waals surface area contributed by atoms with Gasteiger partial charge in [-0.25, -0.2) is 0 Å². The monoisotopic (exact) mass is 334 g/mol. The van der Waals surface area contributed by atoms with Crippen LogP contribution in [-0.4, -0.2) is 54.6 Å². The average Bonchev–Trinajstić information content (AvgIpc) is 3.28. The number of rotatable bonds is 7. The Balaban J connectivity index is 1.59. The molecule has 0 radical (unpaired) electrons. The van der Waals surface area contributed by atoms with Crippen LogP contribution in [0, 0.1) is 5.92 Å². The maximum absolute atomic E-state index is 13.1. The van der Waals surface area contributed by atoms with Crippen LogP contribution in [0.1, 0.15) is 44.8 Å². The molecule has 3 heterocycles. The Hall–Kier alpha value is -1.33. The summed E-state index contributed by atoms with van der Waals surface area (Å²) in [7, 11) is 0. The number of ether oxygens (including phenoxy) is 1. The lowest BCUT2D eigenvalue weighted by atomic mass is 9.95. The van der Waals surface area contributed by atoms with Crippen molar-refractivity contribution in [2.24, 2.45) is 5.92 Å². The van der Waals surface area contributed by atoms with Gasteiger partial charge in [0.05, 0.1) is 18.9 Å². The van der Waals surface area contributed by atoms with Crippen molar-refractivity contribution in [2.45, 2.75) is 51.7 Å². The quantitative estimate of drug-likeness (QED) is 0.769. The van der Waals surface area contributed by atoms with Crippen LogP contribution in [0.3, 0.4) is 0 Å². The molecule has 1 amide bonds. The van der Waals surface area contributed by atoms with E-state index in [1.165, 1.54) is 6.42 Å². The minimum atomic E-state index is 0.148. The number of furan rings is 1. The van der Waals surface area contributed by atoms with Crippen LogP contribution >= 0.6 is 0 Å². The van der Waals surface area contributed by atoms with E-state index in [4.69, 9.17) is 9.15 Å². The van der Waals surface area contributed by atoms with Crippen LogP contribution in [0.25, 0.3) is 0 Å². The highest BCUT2D eigenvalue weighted by Crippen LogP contribution is 2.23. The topological polar surface area (TPSA) is 45.9 Å². The molecule has 5 heteroatoms. The second-order valence-electron chi connectivity index (χ2n) is 7.05. The molecule has 0 N–H and O–H groups in total. The van der Waals surface area contributed by atoms with Crippen molar-refractivity contribution in [3.63, 3.8) is 0 Å². The first-order valence-electron chi connectivity index (χ1n) is 9.41. The molecule has 1 aromatic rings. The Kier molecular flexibility index (Phi) is 6.32. The summed E-state index contributed by atoms with van der Waals surface area (Å²) in [6.45, 7) is 7.51. The second-order valence-corrected chi connectivity index (χ2v) is 7.05. The van der Waals surface area contributed by atoms with Crippen molar-refractivity contribution >= 4 is 5.91 Å². The minimum Gasteiger partial charge on any atom is -0.467 e. The number of nitrogens with zero attached hydrogens (tertiary/aromatic N) is 2. The Bertz CT molecular complexity index is 489. The highest BCUT2D eigenvalue weighted by atomic mass is 16.5. The first-order chi connectivity index (χ1) is 11.8. The smallest absolute Gasteiger partial charge is 0.226 e. The lowest BCUT2D eigenvalue weighted by molar-refractivity contribution is -0.139. The number of carbonyl (C=O) groups is 1. The SMILES string of the molecule is CCCN1CCC(C(=O)N(Cc2ccco2)CC2CCCO2)CC1. The van der Waals surface area contributed by atoms with E-state index in [1.54, 1.807) is 6.26 Å². The molecule has 2 aliphatic rings. The molecule has 2 aliphatic heterocycles. The van der Waals surface area contributed by atoms with Gasteiger partial charge in [-0.15, -0.1) is 0 Å². The van der Waals surface area contributed by atoms with Crippen LogP contribution in [-0.2, 0) is 16.1 Å². The Morgan fingerprint density at radius 2 is 2.17 bits per heavy atom. The van der Waals surface area contributed by atoms with E-state index in [2.05, 4.69) is 11.8 Å². The molecule has 2 fully saturated rings. The summed E-state index contributed by atoms with van der Waals surface area (Å²) in [6, 6.07) is 3.83. The molecule has 1 unspecified atom stereocenters. The molecule has 134 valence electrons. The van der Waals surface area contributed by atoms with E-state index < -0.39 is 0 Å². The van der Waals surface area contributed by atoms with E-state index in [-0.39, 0.29) is 17.9 Å². The molecule has 0 saturated carbocycles. The summed E-state index contributed by atoms with van der Waals surface area (Å²) < 4.78 is 11.2. The molecular weight excluding hydrogens is 304 g/mol. The fourth-order valence-corrected chi connectivity index (χ4v) is 3.84.